The van der Waals surface area contributed by atoms with Crippen molar-refractivity contribution >= 4 is 22.8 Å². The van der Waals surface area contributed by atoms with Crippen molar-refractivity contribution in [3.8, 4) is 0 Å². The van der Waals surface area contributed by atoms with Crippen LogP contribution in [0.25, 0.3) is 0 Å². The number of benzene rings is 2. The lowest BCUT2D eigenvalue weighted by Crippen LogP contribution is -2.20. The lowest BCUT2D eigenvalue weighted by atomic mass is 9.81. The number of hydrogen-bond acceptors (Lipinski definition) is 6. The van der Waals surface area contributed by atoms with Crippen LogP contribution in [-0.2, 0) is 0 Å². The Hall–Kier alpha value is -3.29. The zero-order chi connectivity index (χ0) is 18.5. The van der Waals surface area contributed by atoms with Gasteiger partial charge in [-0.1, -0.05) is 24.6 Å². The van der Waals surface area contributed by atoms with Gasteiger partial charge in [0, 0.05) is 23.3 Å². The average Bonchev–Trinajstić information content (AvgIpc) is 2.67. The summed E-state index contributed by atoms with van der Waals surface area (Å²) < 4.78 is 0. The maximum atomic E-state index is 11.5. The van der Waals surface area contributed by atoms with E-state index >= 15 is 0 Å². The molecule has 0 amide bonds. The highest BCUT2D eigenvalue weighted by Crippen LogP contribution is 2.37. The highest BCUT2D eigenvalue weighted by atomic mass is 16.6. The van der Waals surface area contributed by atoms with Crippen LogP contribution in [0.15, 0.2) is 53.6 Å². The van der Waals surface area contributed by atoms with Gasteiger partial charge in [0.2, 0.25) is 0 Å². The first-order chi connectivity index (χ1) is 12.6. The van der Waals surface area contributed by atoms with Crippen molar-refractivity contribution in [1.29, 1.82) is 0 Å². The summed E-state index contributed by atoms with van der Waals surface area (Å²) in [4.78, 5) is 21.2. The molecule has 2 aromatic rings. The van der Waals surface area contributed by atoms with Crippen molar-refractivity contribution in [3.63, 3.8) is 0 Å². The van der Waals surface area contributed by atoms with Crippen molar-refractivity contribution in [3.05, 3.63) is 74.3 Å². The quantitative estimate of drug-likeness (QED) is 0.621. The van der Waals surface area contributed by atoms with Crippen molar-refractivity contribution in [2.75, 3.05) is 5.43 Å². The molecule has 0 radical (unpaired) electrons. The Bertz CT molecular complexity index is 852. The summed E-state index contributed by atoms with van der Waals surface area (Å²) in [6.07, 6.45) is 3.36. The molecule has 0 bridgehead atoms. The molecule has 1 atom stereocenters. The molecule has 8 nitrogen and oxygen atoms in total. The maximum Gasteiger partial charge on any atom is 0.280 e. The first-order valence-corrected chi connectivity index (χ1v) is 8.36. The molecule has 1 N–H and O–H groups in total. The van der Waals surface area contributed by atoms with Crippen molar-refractivity contribution in [1.82, 2.24) is 0 Å². The van der Waals surface area contributed by atoms with Gasteiger partial charge in [0.05, 0.1) is 21.6 Å². The van der Waals surface area contributed by atoms with Crippen molar-refractivity contribution < 1.29 is 9.85 Å². The predicted molar refractivity (Wildman–Crippen MR) is 98.5 cm³/mol. The van der Waals surface area contributed by atoms with Gasteiger partial charge in [-0.3, -0.25) is 25.7 Å². The summed E-state index contributed by atoms with van der Waals surface area (Å²) in [5, 5.41) is 26.9. The Morgan fingerprint density at radius 3 is 2.46 bits per heavy atom. The molecule has 1 unspecified atom stereocenters. The number of para-hydroxylation sites is 1. The van der Waals surface area contributed by atoms with Crippen LogP contribution in [-0.4, -0.2) is 15.6 Å². The molecule has 0 spiro atoms. The number of non-ortho nitro benzene ring substituents is 1. The first kappa shape index (κ1) is 17.5. The first-order valence-electron chi connectivity index (χ1n) is 8.36. The number of nitro groups is 2. The van der Waals surface area contributed by atoms with Gasteiger partial charge in [0.25, 0.3) is 11.4 Å². The number of nitro benzene ring substituents is 2. The summed E-state index contributed by atoms with van der Waals surface area (Å²) in [6.45, 7) is 0. The van der Waals surface area contributed by atoms with Crippen LogP contribution in [0.3, 0.4) is 0 Å². The van der Waals surface area contributed by atoms with E-state index in [1.54, 1.807) is 0 Å². The number of hydrazone groups is 1. The second-order valence-corrected chi connectivity index (χ2v) is 6.14. The van der Waals surface area contributed by atoms with Gasteiger partial charge in [0.15, 0.2) is 0 Å². The molecule has 0 saturated heterocycles. The summed E-state index contributed by atoms with van der Waals surface area (Å²) in [6, 6.07) is 13.3. The van der Waals surface area contributed by atoms with Crippen LogP contribution in [0.2, 0.25) is 0 Å². The third-order valence-corrected chi connectivity index (χ3v) is 4.48. The van der Waals surface area contributed by atoms with E-state index in [1.807, 2.05) is 30.3 Å². The normalized spacial score (nSPS) is 18.5. The molecule has 0 aliphatic heterocycles. The van der Waals surface area contributed by atoms with E-state index in [1.165, 1.54) is 12.1 Å². The van der Waals surface area contributed by atoms with Gasteiger partial charge in [-0.2, -0.15) is 5.10 Å². The minimum Gasteiger partial charge on any atom is -0.279 e. The van der Waals surface area contributed by atoms with Crippen LogP contribution in [0.4, 0.5) is 17.1 Å². The van der Waals surface area contributed by atoms with Crippen molar-refractivity contribution in [2.45, 2.75) is 31.6 Å². The van der Waals surface area contributed by atoms with Crippen LogP contribution in [0.1, 0.15) is 37.2 Å². The van der Waals surface area contributed by atoms with Gasteiger partial charge >= 0.3 is 0 Å². The molecule has 1 aliphatic carbocycles. The Morgan fingerprint density at radius 2 is 1.77 bits per heavy atom. The van der Waals surface area contributed by atoms with Gasteiger partial charge in [0.1, 0.15) is 0 Å². The van der Waals surface area contributed by atoms with Gasteiger partial charge in [-0.15, -0.1) is 0 Å². The molecular weight excluding hydrogens is 336 g/mol. The Labute approximate surface area is 149 Å². The minimum atomic E-state index is -0.621. The zero-order valence-corrected chi connectivity index (χ0v) is 14.0. The molecule has 1 aliphatic rings. The smallest absolute Gasteiger partial charge is 0.279 e. The summed E-state index contributed by atoms with van der Waals surface area (Å²) in [5.74, 6) is -0.221. The van der Waals surface area contributed by atoms with Crippen LogP contribution in [0, 0.1) is 20.2 Å². The summed E-state index contributed by atoms with van der Waals surface area (Å²) in [7, 11) is 0. The van der Waals surface area contributed by atoms with E-state index in [0.29, 0.717) is 5.56 Å². The number of anilines is 1. The fourth-order valence-corrected chi connectivity index (χ4v) is 3.21. The largest absolute Gasteiger partial charge is 0.280 e. The zero-order valence-electron chi connectivity index (χ0n) is 14.0. The predicted octanol–water partition coefficient (Wildman–Crippen LogP) is 4.63. The highest BCUT2D eigenvalue weighted by molar-refractivity contribution is 5.93. The average molecular weight is 354 g/mol. The lowest BCUT2D eigenvalue weighted by molar-refractivity contribution is -0.394. The lowest BCUT2D eigenvalue weighted by Gasteiger charge is -2.24. The van der Waals surface area contributed by atoms with E-state index < -0.39 is 9.85 Å². The van der Waals surface area contributed by atoms with E-state index in [9.17, 15) is 20.2 Å². The highest BCUT2D eigenvalue weighted by Gasteiger charge is 2.30. The topological polar surface area (TPSA) is 111 Å². The molecule has 1 fully saturated rings. The van der Waals surface area contributed by atoms with Gasteiger partial charge < -0.3 is 0 Å². The maximum absolute atomic E-state index is 11.5. The number of nitrogens with one attached hydrogen (secondary N) is 1. The Morgan fingerprint density at radius 1 is 1.00 bits per heavy atom. The van der Waals surface area contributed by atoms with Gasteiger partial charge in [-0.25, -0.2) is 0 Å². The SMILES string of the molecule is O=[N+]([O-])c1ccc(C2CCCC/C2=N\Nc2ccccc2)c([N+](=O)[O-])c1. The monoisotopic (exact) mass is 354 g/mol. The third kappa shape index (κ3) is 3.85. The summed E-state index contributed by atoms with van der Waals surface area (Å²) in [5.41, 5.74) is 4.65. The Kier molecular flexibility index (Phi) is 5.21. The third-order valence-electron chi connectivity index (χ3n) is 4.48. The molecule has 8 heteroatoms. The van der Waals surface area contributed by atoms with E-state index in [4.69, 9.17) is 0 Å². The Balaban J connectivity index is 1.94. The fraction of sp³-hybridized carbons (Fsp3) is 0.278. The molecule has 26 heavy (non-hydrogen) atoms. The molecular formula is C18H18N4O4. The number of rotatable bonds is 5. The molecule has 2 aromatic carbocycles. The molecule has 134 valence electrons. The number of hydrogen-bond donors (Lipinski definition) is 1. The molecule has 0 aromatic heterocycles. The van der Waals surface area contributed by atoms with Crippen LogP contribution in [0.5, 0.6) is 0 Å². The molecule has 3 rings (SSSR count). The van der Waals surface area contributed by atoms with E-state index in [-0.39, 0.29) is 17.3 Å². The van der Waals surface area contributed by atoms with E-state index in [0.717, 1.165) is 43.1 Å². The van der Waals surface area contributed by atoms with Crippen LogP contribution >= 0.6 is 0 Å². The van der Waals surface area contributed by atoms with E-state index in [2.05, 4.69) is 10.5 Å². The summed E-state index contributed by atoms with van der Waals surface area (Å²) >= 11 is 0. The number of nitrogens with zero attached hydrogens (tertiary/aromatic N) is 3. The molecule has 1 saturated carbocycles. The second-order valence-electron chi connectivity index (χ2n) is 6.14. The van der Waals surface area contributed by atoms with Gasteiger partial charge in [-0.05, 0) is 37.5 Å². The fourth-order valence-electron chi connectivity index (χ4n) is 3.21. The van der Waals surface area contributed by atoms with Crippen LogP contribution < -0.4 is 5.43 Å². The minimum absolute atomic E-state index is 0.221. The molecule has 0 heterocycles. The van der Waals surface area contributed by atoms with Crippen molar-refractivity contribution in [2.24, 2.45) is 5.10 Å². The standard InChI is InChI=1S/C18H18N4O4/c23-21(24)14-10-11-16(18(12-14)22(25)26)15-8-4-5-9-17(15)20-19-13-6-2-1-3-7-13/h1-3,6-7,10-12,15,19H,4-5,8-9H2/b20-17+. The second kappa shape index (κ2) is 7.73.